The number of nitrogens with two attached hydrogens (primary N) is 1. The lowest BCUT2D eigenvalue weighted by atomic mass is 10.1. The molecule has 0 saturated heterocycles. The minimum absolute atomic E-state index is 0.0553. The Balaban J connectivity index is 2.22. The zero-order chi connectivity index (χ0) is 11.8. The Bertz CT molecular complexity index is 695. The first kappa shape index (κ1) is 10.1. The van der Waals surface area contributed by atoms with E-state index in [2.05, 4.69) is 15.0 Å². The highest BCUT2D eigenvalue weighted by Crippen LogP contribution is 2.26. The quantitative estimate of drug-likeness (QED) is 0.716. The monoisotopic (exact) mass is 246 g/mol. The molecule has 2 aromatic heterocycles. The van der Waals surface area contributed by atoms with Crippen molar-refractivity contribution in [3.8, 4) is 11.3 Å². The summed E-state index contributed by atoms with van der Waals surface area (Å²) in [6, 6.07) is 5.47. The molecule has 3 rings (SSSR count). The van der Waals surface area contributed by atoms with Gasteiger partial charge in [0.2, 0.25) is 5.95 Å². The molecular weight excluding hydrogens is 239 g/mol. The van der Waals surface area contributed by atoms with Crippen LogP contribution in [0.4, 0.5) is 10.3 Å². The SMILES string of the molecule is Nc1ncc(F)c(-c2ccc3scnc3c2)n1. The molecule has 0 unspecified atom stereocenters. The molecule has 4 nitrogen and oxygen atoms in total. The number of nitrogens with zero attached hydrogens (tertiary/aromatic N) is 3. The molecule has 17 heavy (non-hydrogen) atoms. The number of rotatable bonds is 1. The number of fused-ring (bicyclic) bond motifs is 1. The first-order chi connectivity index (χ1) is 8.24. The molecule has 0 aliphatic carbocycles. The summed E-state index contributed by atoms with van der Waals surface area (Å²) in [5.41, 5.74) is 8.88. The maximum Gasteiger partial charge on any atom is 0.220 e. The second kappa shape index (κ2) is 3.74. The van der Waals surface area contributed by atoms with Crippen LogP contribution in [0.15, 0.2) is 29.9 Å². The van der Waals surface area contributed by atoms with Crippen molar-refractivity contribution >= 4 is 27.5 Å². The fourth-order valence-electron chi connectivity index (χ4n) is 1.59. The lowest BCUT2D eigenvalue weighted by Gasteiger charge is -2.02. The van der Waals surface area contributed by atoms with Gasteiger partial charge in [0.15, 0.2) is 5.82 Å². The van der Waals surface area contributed by atoms with Crippen molar-refractivity contribution in [2.75, 3.05) is 5.73 Å². The summed E-state index contributed by atoms with van der Waals surface area (Å²) in [5, 5.41) is 0. The van der Waals surface area contributed by atoms with E-state index < -0.39 is 5.82 Å². The largest absolute Gasteiger partial charge is 0.368 e. The van der Waals surface area contributed by atoms with Gasteiger partial charge in [0.1, 0.15) is 5.69 Å². The van der Waals surface area contributed by atoms with E-state index in [1.54, 1.807) is 17.6 Å². The first-order valence-electron chi connectivity index (χ1n) is 4.86. The van der Waals surface area contributed by atoms with Crippen LogP contribution in [0.5, 0.6) is 0 Å². The number of hydrogen-bond donors (Lipinski definition) is 1. The number of thiazole rings is 1. The maximum atomic E-state index is 13.6. The van der Waals surface area contributed by atoms with Crippen molar-refractivity contribution in [1.82, 2.24) is 15.0 Å². The molecule has 0 saturated carbocycles. The Hall–Kier alpha value is -2.08. The van der Waals surface area contributed by atoms with Crippen LogP contribution in [0.2, 0.25) is 0 Å². The van der Waals surface area contributed by atoms with E-state index in [1.807, 2.05) is 6.07 Å². The Morgan fingerprint density at radius 2 is 2.12 bits per heavy atom. The highest BCUT2D eigenvalue weighted by Gasteiger charge is 2.09. The van der Waals surface area contributed by atoms with Crippen LogP contribution in [0.25, 0.3) is 21.5 Å². The van der Waals surface area contributed by atoms with Crippen LogP contribution in [0.1, 0.15) is 0 Å². The van der Waals surface area contributed by atoms with Gasteiger partial charge in [-0.15, -0.1) is 11.3 Å². The number of benzene rings is 1. The molecule has 0 radical (unpaired) electrons. The number of halogens is 1. The Morgan fingerprint density at radius 3 is 3.00 bits per heavy atom. The van der Waals surface area contributed by atoms with Gasteiger partial charge >= 0.3 is 0 Å². The van der Waals surface area contributed by atoms with Crippen molar-refractivity contribution in [1.29, 1.82) is 0 Å². The molecule has 1 aromatic carbocycles. The Kier molecular flexibility index (Phi) is 2.22. The first-order valence-corrected chi connectivity index (χ1v) is 5.73. The van der Waals surface area contributed by atoms with Crippen LogP contribution < -0.4 is 5.73 Å². The molecule has 0 aliphatic rings. The number of nitrogen functional groups attached to an aromatic ring is 1. The number of hydrogen-bond acceptors (Lipinski definition) is 5. The highest BCUT2D eigenvalue weighted by atomic mass is 32.1. The van der Waals surface area contributed by atoms with Gasteiger partial charge < -0.3 is 5.73 Å². The minimum Gasteiger partial charge on any atom is -0.368 e. The lowest BCUT2D eigenvalue weighted by molar-refractivity contribution is 0.619. The van der Waals surface area contributed by atoms with E-state index in [-0.39, 0.29) is 11.6 Å². The standard InChI is InChI=1S/C11H7FN4S/c12-7-4-14-11(13)16-10(7)6-1-2-9-8(3-6)15-5-17-9/h1-5H,(H2,13,14,16). The third-order valence-electron chi connectivity index (χ3n) is 2.37. The predicted molar refractivity (Wildman–Crippen MR) is 65.0 cm³/mol. The van der Waals surface area contributed by atoms with Gasteiger partial charge in [0, 0.05) is 5.56 Å². The van der Waals surface area contributed by atoms with E-state index in [4.69, 9.17) is 5.73 Å². The predicted octanol–water partition coefficient (Wildman–Crippen LogP) is 2.47. The molecule has 0 fully saturated rings. The second-order valence-corrected chi connectivity index (χ2v) is 4.35. The molecule has 0 spiro atoms. The third-order valence-corrected chi connectivity index (χ3v) is 3.18. The average Bonchev–Trinajstić information content (AvgIpc) is 2.79. The van der Waals surface area contributed by atoms with Crippen LogP contribution >= 0.6 is 11.3 Å². The average molecular weight is 246 g/mol. The summed E-state index contributed by atoms with van der Waals surface area (Å²) < 4.78 is 14.6. The molecule has 0 amide bonds. The van der Waals surface area contributed by atoms with Crippen molar-refractivity contribution in [3.05, 3.63) is 35.7 Å². The van der Waals surface area contributed by atoms with Crippen LogP contribution in [0, 0.1) is 5.82 Å². The maximum absolute atomic E-state index is 13.6. The van der Waals surface area contributed by atoms with Gasteiger partial charge in [-0.3, -0.25) is 0 Å². The fourth-order valence-corrected chi connectivity index (χ4v) is 2.25. The van der Waals surface area contributed by atoms with E-state index in [0.717, 1.165) is 16.4 Å². The smallest absolute Gasteiger partial charge is 0.220 e. The molecule has 3 aromatic rings. The number of aromatic nitrogens is 3. The molecular formula is C11H7FN4S. The zero-order valence-corrected chi connectivity index (χ0v) is 9.41. The van der Waals surface area contributed by atoms with Gasteiger partial charge in [0.05, 0.1) is 21.9 Å². The minimum atomic E-state index is -0.492. The van der Waals surface area contributed by atoms with E-state index >= 15 is 0 Å². The molecule has 84 valence electrons. The summed E-state index contributed by atoms with van der Waals surface area (Å²) in [6.07, 6.45) is 1.07. The van der Waals surface area contributed by atoms with Crippen LogP contribution in [-0.4, -0.2) is 15.0 Å². The van der Waals surface area contributed by atoms with Gasteiger partial charge in [-0.2, -0.15) is 0 Å². The topological polar surface area (TPSA) is 64.7 Å². The molecule has 2 N–H and O–H groups in total. The van der Waals surface area contributed by atoms with Crippen LogP contribution in [-0.2, 0) is 0 Å². The van der Waals surface area contributed by atoms with Crippen molar-refractivity contribution in [3.63, 3.8) is 0 Å². The van der Waals surface area contributed by atoms with E-state index in [1.165, 1.54) is 11.3 Å². The summed E-state index contributed by atoms with van der Waals surface area (Å²) in [5.74, 6) is -0.437. The fraction of sp³-hybridized carbons (Fsp3) is 0. The van der Waals surface area contributed by atoms with E-state index in [0.29, 0.717) is 5.56 Å². The number of anilines is 1. The summed E-state index contributed by atoms with van der Waals surface area (Å²) in [6.45, 7) is 0. The van der Waals surface area contributed by atoms with Gasteiger partial charge in [0.25, 0.3) is 0 Å². The molecule has 0 bridgehead atoms. The van der Waals surface area contributed by atoms with Crippen molar-refractivity contribution in [2.24, 2.45) is 0 Å². The Labute approximate surface area is 100.0 Å². The van der Waals surface area contributed by atoms with Crippen molar-refractivity contribution < 1.29 is 4.39 Å². The van der Waals surface area contributed by atoms with Gasteiger partial charge in [-0.25, -0.2) is 19.3 Å². The summed E-state index contributed by atoms with van der Waals surface area (Å²) in [4.78, 5) is 11.7. The molecule has 2 heterocycles. The second-order valence-electron chi connectivity index (χ2n) is 3.46. The Morgan fingerprint density at radius 1 is 1.24 bits per heavy atom. The van der Waals surface area contributed by atoms with Gasteiger partial charge in [-0.05, 0) is 12.1 Å². The van der Waals surface area contributed by atoms with Crippen molar-refractivity contribution in [2.45, 2.75) is 0 Å². The lowest BCUT2D eigenvalue weighted by Crippen LogP contribution is -1.98. The highest BCUT2D eigenvalue weighted by molar-refractivity contribution is 7.16. The third kappa shape index (κ3) is 1.72. The van der Waals surface area contributed by atoms with Crippen LogP contribution in [0.3, 0.4) is 0 Å². The summed E-state index contributed by atoms with van der Waals surface area (Å²) in [7, 11) is 0. The normalized spacial score (nSPS) is 10.9. The van der Waals surface area contributed by atoms with Gasteiger partial charge in [-0.1, -0.05) is 6.07 Å². The molecule has 0 aliphatic heterocycles. The zero-order valence-electron chi connectivity index (χ0n) is 8.59. The molecule has 6 heteroatoms. The van der Waals surface area contributed by atoms with E-state index in [9.17, 15) is 4.39 Å². The summed E-state index contributed by atoms with van der Waals surface area (Å²) >= 11 is 1.54. The molecule has 0 atom stereocenters.